The van der Waals surface area contributed by atoms with Crippen molar-refractivity contribution in [3.05, 3.63) is 24.3 Å². The van der Waals surface area contributed by atoms with Crippen LogP contribution < -0.4 is 0 Å². The maximum atomic E-state index is 12.7. The van der Waals surface area contributed by atoms with Crippen molar-refractivity contribution >= 4 is 19.8 Å². The summed E-state index contributed by atoms with van der Waals surface area (Å²) in [7, 11) is -5.10. The van der Waals surface area contributed by atoms with Gasteiger partial charge in [-0.25, -0.2) is 4.57 Å². The summed E-state index contributed by atoms with van der Waals surface area (Å²) < 4.78 is 33.2. The summed E-state index contributed by atoms with van der Waals surface area (Å²) in [6.45, 7) is 3.18. The largest absolute Gasteiger partial charge is 0.472 e. The van der Waals surface area contributed by atoms with Crippen LogP contribution in [0, 0.1) is 0 Å². The number of phosphoric ester groups is 1. The van der Waals surface area contributed by atoms with E-state index in [2.05, 4.69) is 38.2 Å². The Balaban J connectivity index is 2.51. The van der Waals surface area contributed by atoms with Gasteiger partial charge in [-0.05, 0) is 44.9 Å². The van der Waals surface area contributed by atoms with Crippen molar-refractivity contribution in [2.24, 2.45) is 0 Å². The fraction of sp³-hybridized carbons (Fsp3) is 0.842. The van der Waals surface area contributed by atoms with Crippen LogP contribution in [0.2, 0.25) is 0 Å². The number of unbranched alkanes of at least 4 members (excludes halogenated alkanes) is 15. The van der Waals surface area contributed by atoms with Crippen molar-refractivity contribution in [1.29, 1.82) is 0 Å². The topological polar surface area (TPSA) is 210 Å². The Hall–Kier alpha value is -1.67. The monoisotopic (exact) mass is 764 g/mol. The Morgan fingerprint density at radius 3 is 1.60 bits per heavy atom. The molecule has 0 saturated heterocycles. The highest BCUT2D eigenvalue weighted by Gasteiger charge is 2.51. The second-order valence-corrected chi connectivity index (χ2v) is 15.2. The molecule has 6 N–H and O–H groups in total. The number of ether oxygens (including phenoxy) is 2. The normalized spacial score (nSPS) is 23.9. The first-order valence-electron chi connectivity index (χ1n) is 19.6. The molecule has 6 unspecified atom stereocenters. The van der Waals surface area contributed by atoms with Gasteiger partial charge in [-0.2, -0.15) is 0 Å². The van der Waals surface area contributed by atoms with Crippen LogP contribution in [0.1, 0.15) is 149 Å². The van der Waals surface area contributed by atoms with E-state index in [4.69, 9.17) is 18.5 Å². The molecule has 1 aliphatic rings. The third-order valence-electron chi connectivity index (χ3n) is 9.05. The van der Waals surface area contributed by atoms with Gasteiger partial charge >= 0.3 is 19.8 Å². The molecule has 0 spiro atoms. The standard InChI is InChI=1S/C38H69O13P/c1-3-5-7-9-11-13-14-15-16-17-18-19-21-22-24-26-31(39)48-28-30(50-32(40)27-25-23-20-12-10-8-6-4-2)29-49-52(46,47)51-38-36(44)34(42)33(41)35(43)37(38)45/h11,13,15-16,30,33-38,41-45H,3-10,12,14,17-29H2,1-2H3,(H,46,47)/b13-11+,16-15+/t30-,33?,34-,35?,36?,37?,38?/m0/s1. The van der Waals surface area contributed by atoms with Crippen molar-refractivity contribution in [2.75, 3.05) is 13.2 Å². The molecule has 304 valence electrons. The van der Waals surface area contributed by atoms with Crippen molar-refractivity contribution < 1.29 is 63.1 Å². The van der Waals surface area contributed by atoms with Crippen LogP contribution in [-0.4, -0.2) is 98.3 Å². The number of carbonyl (C=O) groups excluding carboxylic acids is 2. The molecule has 0 radical (unpaired) electrons. The molecule has 1 fully saturated rings. The average molecular weight is 765 g/mol. The molecular weight excluding hydrogens is 695 g/mol. The third-order valence-corrected chi connectivity index (χ3v) is 10.0. The van der Waals surface area contributed by atoms with E-state index in [-0.39, 0.29) is 12.8 Å². The lowest BCUT2D eigenvalue weighted by molar-refractivity contribution is -0.220. The molecule has 0 heterocycles. The smallest absolute Gasteiger partial charge is 0.462 e. The molecule has 0 amide bonds. The van der Waals surface area contributed by atoms with Crippen LogP contribution in [-0.2, 0) is 32.7 Å². The van der Waals surface area contributed by atoms with Crippen LogP contribution in [0.4, 0.5) is 0 Å². The second kappa shape index (κ2) is 29.7. The number of hydrogen-bond acceptors (Lipinski definition) is 12. The van der Waals surface area contributed by atoms with Gasteiger partial charge < -0.3 is 39.9 Å². The minimum absolute atomic E-state index is 0.0945. The lowest BCUT2D eigenvalue weighted by Gasteiger charge is -2.41. The van der Waals surface area contributed by atoms with E-state index in [1.807, 2.05) is 0 Å². The Labute approximate surface area is 311 Å². The molecule has 0 aromatic heterocycles. The summed E-state index contributed by atoms with van der Waals surface area (Å²) in [6.07, 6.45) is 15.6. The molecule has 1 aliphatic carbocycles. The fourth-order valence-electron chi connectivity index (χ4n) is 5.79. The molecule has 1 rings (SSSR count). The summed E-state index contributed by atoms with van der Waals surface area (Å²) in [4.78, 5) is 35.3. The van der Waals surface area contributed by atoms with Crippen molar-refractivity contribution in [2.45, 2.75) is 191 Å². The molecule has 14 heteroatoms. The minimum atomic E-state index is -5.10. The van der Waals surface area contributed by atoms with Gasteiger partial charge in [0.15, 0.2) is 6.10 Å². The average Bonchev–Trinajstić information content (AvgIpc) is 3.12. The number of hydrogen-bond donors (Lipinski definition) is 6. The van der Waals surface area contributed by atoms with E-state index < -0.39 is 75.7 Å². The summed E-state index contributed by atoms with van der Waals surface area (Å²) in [5.41, 5.74) is 0. The zero-order valence-electron chi connectivity index (χ0n) is 31.6. The molecule has 0 aromatic rings. The van der Waals surface area contributed by atoms with E-state index in [9.17, 15) is 44.6 Å². The Morgan fingerprint density at radius 2 is 1.04 bits per heavy atom. The summed E-state index contributed by atoms with van der Waals surface area (Å²) in [5, 5.41) is 49.9. The van der Waals surface area contributed by atoms with Crippen LogP contribution in [0.5, 0.6) is 0 Å². The molecule has 52 heavy (non-hydrogen) atoms. The Kier molecular flexibility index (Phi) is 27.6. The molecule has 8 atom stereocenters. The summed E-state index contributed by atoms with van der Waals surface area (Å²) >= 11 is 0. The molecule has 0 aliphatic heterocycles. The van der Waals surface area contributed by atoms with E-state index in [1.54, 1.807) is 0 Å². The quantitative estimate of drug-likeness (QED) is 0.0204. The van der Waals surface area contributed by atoms with Gasteiger partial charge in [0, 0.05) is 12.8 Å². The van der Waals surface area contributed by atoms with E-state index >= 15 is 0 Å². The molecule has 1 saturated carbocycles. The highest BCUT2D eigenvalue weighted by atomic mass is 31.2. The van der Waals surface area contributed by atoms with Crippen LogP contribution >= 0.6 is 7.82 Å². The number of aliphatic hydroxyl groups excluding tert-OH is 5. The van der Waals surface area contributed by atoms with Crippen LogP contribution in [0.3, 0.4) is 0 Å². The number of rotatable bonds is 31. The maximum absolute atomic E-state index is 12.7. The molecule has 0 aromatic carbocycles. The highest BCUT2D eigenvalue weighted by Crippen LogP contribution is 2.47. The van der Waals surface area contributed by atoms with Crippen LogP contribution in [0.15, 0.2) is 24.3 Å². The SMILES string of the molecule is CCCCC/C=C/C/C=C/CCCCCCCC(=O)OC[C@@H](COP(=O)(O)OC1C(O)C(O)C(O)[C@H](O)C1O)OC(=O)CCCCCCCCCC. The first kappa shape index (κ1) is 48.3. The third kappa shape index (κ3) is 22.5. The first-order chi connectivity index (χ1) is 24.9. The second-order valence-electron chi connectivity index (χ2n) is 13.8. The number of aliphatic hydroxyl groups is 5. The predicted molar refractivity (Wildman–Crippen MR) is 198 cm³/mol. The lowest BCUT2D eigenvalue weighted by Crippen LogP contribution is -2.64. The van der Waals surface area contributed by atoms with Crippen molar-refractivity contribution in [3.63, 3.8) is 0 Å². The van der Waals surface area contributed by atoms with E-state index in [0.717, 1.165) is 70.6 Å². The van der Waals surface area contributed by atoms with E-state index in [0.29, 0.717) is 12.8 Å². The summed E-state index contributed by atoms with van der Waals surface area (Å²) in [6, 6.07) is 0. The number of carbonyl (C=O) groups is 2. The maximum Gasteiger partial charge on any atom is 0.472 e. The Morgan fingerprint density at radius 1 is 0.596 bits per heavy atom. The summed E-state index contributed by atoms with van der Waals surface area (Å²) in [5.74, 6) is -1.12. The number of esters is 2. The van der Waals surface area contributed by atoms with E-state index in [1.165, 1.54) is 38.5 Å². The molecular formula is C38H69O13P. The van der Waals surface area contributed by atoms with Gasteiger partial charge in [-0.1, -0.05) is 115 Å². The van der Waals surface area contributed by atoms with Gasteiger partial charge in [-0.15, -0.1) is 0 Å². The van der Waals surface area contributed by atoms with Crippen molar-refractivity contribution in [3.8, 4) is 0 Å². The van der Waals surface area contributed by atoms with Gasteiger partial charge in [0.05, 0.1) is 6.61 Å². The van der Waals surface area contributed by atoms with Crippen molar-refractivity contribution in [1.82, 2.24) is 0 Å². The number of phosphoric acid groups is 1. The predicted octanol–water partition coefficient (Wildman–Crippen LogP) is 6.11. The Bertz CT molecular complexity index is 1020. The minimum Gasteiger partial charge on any atom is -0.462 e. The molecule has 0 bridgehead atoms. The van der Waals surface area contributed by atoms with Crippen LogP contribution in [0.25, 0.3) is 0 Å². The van der Waals surface area contributed by atoms with Gasteiger partial charge in [0.1, 0.15) is 43.2 Å². The zero-order valence-corrected chi connectivity index (χ0v) is 32.5. The first-order valence-corrected chi connectivity index (χ1v) is 21.1. The lowest BCUT2D eigenvalue weighted by atomic mass is 9.85. The molecule has 13 nitrogen and oxygen atoms in total. The zero-order chi connectivity index (χ0) is 38.6. The van der Waals surface area contributed by atoms with Gasteiger partial charge in [0.2, 0.25) is 0 Å². The van der Waals surface area contributed by atoms with Gasteiger partial charge in [-0.3, -0.25) is 18.6 Å². The highest BCUT2D eigenvalue weighted by molar-refractivity contribution is 7.47. The fourth-order valence-corrected chi connectivity index (χ4v) is 6.76. The van der Waals surface area contributed by atoms with Gasteiger partial charge in [0.25, 0.3) is 0 Å². The number of allylic oxidation sites excluding steroid dienone is 4.